The van der Waals surface area contributed by atoms with Crippen LogP contribution < -0.4 is 0 Å². The zero-order valence-corrected chi connectivity index (χ0v) is 14.3. The molecule has 0 saturated heterocycles. The maximum Gasteiger partial charge on any atom is 0.175 e. The largest absolute Gasteiger partial charge is 0.299 e. The van der Waals surface area contributed by atoms with Gasteiger partial charge in [-0.05, 0) is 36.4 Å². The molecular weight excluding hydrogens is 334 g/mol. The molecule has 5 nitrogen and oxygen atoms in total. The van der Waals surface area contributed by atoms with Crippen LogP contribution in [0.1, 0.15) is 0 Å². The summed E-state index contributed by atoms with van der Waals surface area (Å²) >= 11 is 0. The molecule has 0 aliphatic rings. The Bertz CT molecular complexity index is 1170. The van der Waals surface area contributed by atoms with Crippen LogP contribution in [0, 0.1) is 0 Å². The number of hydrogen-bond acceptors (Lipinski definition) is 4. The topological polar surface area (TPSA) is 64.3 Å². The van der Waals surface area contributed by atoms with Crippen molar-refractivity contribution in [3.8, 4) is 22.6 Å². The predicted molar refractivity (Wildman–Crippen MR) is 97.0 cm³/mol. The second-order valence-electron chi connectivity index (χ2n) is 5.75. The zero-order valence-electron chi connectivity index (χ0n) is 13.5. The number of pyridine rings is 2. The standard InChI is InChI=1S/C19H15N3O2S/c1-25(23,24)15-8-6-7-14(13-15)19-18(16-9-2-4-11-20-16)21-17-10-3-5-12-22(17)19/h2-13H,1H3. The molecule has 0 aliphatic carbocycles. The number of aromatic nitrogens is 3. The van der Waals surface area contributed by atoms with Crippen LogP contribution in [0.5, 0.6) is 0 Å². The molecule has 0 spiro atoms. The molecule has 0 fully saturated rings. The minimum atomic E-state index is -3.29. The van der Waals surface area contributed by atoms with Crippen LogP contribution in [-0.2, 0) is 9.84 Å². The van der Waals surface area contributed by atoms with Gasteiger partial charge in [0.05, 0.1) is 16.3 Å². The fourth-order valence-electron chi connectivity index (χ4n) is 2.83. The van der Waals surface area contributed by atoms with E-state index in [0.29, 0.717) is 0 Å². The van der Waals surface area contributed by atoms with Crippen molar-refractivity contribution in [1.82, 2.24) is 14.4 Å². The Labute approximate surface area is 145 Å². The first-order chi connectivity index (χ1) is 12.0. The molecule has 0 amide bonds. The van der Waals surface area contributed by atoms with E-state index in [0.717, 1.165) is 28.3 Å². The first-order valence-corrected chi connectivity index (χ1v) is 9.62. The van der Waals surface area contributed by atoms with Crippen LogP contribution in [0.15, 0.2) is 78.0 Å². The quantitative estimate of drug-likeness (QED) is 0.568. The molecule has 0 N–H and O–H groups in total. The van der Waals surface area contributed by atoms with Gasteiger partial charge in [-0.3, -0.25) is 9.38 Å². The third-order valence-electron chi connectivity index (χ3n) is 3.97. The van der Waals surface area contributed by atoms with Crippen LogP contribution >= 0.6 is 0 Å². The number of nitrogens with zero attached hydrogens (tertiary/aromatic N) is 3. The lowest BCUT2D eigenvalue weighted by molar-refractivity contribution is 0.602. The van der Waals surface area contributed by atoms with E-state index in [2.05, 4.69) is 4.98 Å². The molecule has 25 heavy (non-hydrogen) atoms. The van der Waals surface area contributed by atoms with E-state index >= 15 is 0 Å². The number of benzene rings is 1. The molecule has 0 radical (unpaired) electrons. The van der Waals surface area contributed by atoms with E-state index in [9.17, 15) is 8.42 Å². The molecule has 124 valence electrons. The number of imidazole rings is 1. The summed E-state index contributed by atoms with van der Waals surface area (Å²) in [5, 5.41) is 0. The Hall–Kier alpha value is -2.99. The summed E-state index contributed by atoms with van der Waals surface area (Å²) in [7, 11) is -3.29. The maximum absolute atomic E-state index is 11.9. The summed E-state index contributed by atoms with van der Waals surface area (Å²) in [6, 6.07) is 18.3. The van der Waals surface area contributed by atoms with Gasteiger partial charge in [0.2, 0.25) is 0 Å². The molecular formula is C19H15N3O2S. The summed E-state index contributed by atoms with van der Waals surface area (Å²) in [6.07, 6.45) is 4.84. The second kappa shape index (κ2) is 5.82. The SMILES string of the molecule is CS(=O)(=O)c1cccc(-c2c(-c3ccccn3)nc3ccccn23)c1. The van der Waals surface area contributed by atoms with Crippen molar-refractivity contribution in [2.45, 2.75) is 4.90 Å². The van der Waals surface area contributed by atoms with E-state index < -0.39 is 9.84 Å². The molecule has 6 heteroatoms. The van der Waals surface area contributed by atoms with E-state index in [1.807, 2.05) is 53.1 Å². The molecule has 0 atom stereocenters. The molecule has 0 saturated carbocycles. The highest BCUT2D eigenvalue weighted by molar-refractivity contribution is 7.90. The van der Waals surface area contributed by atoms with Crippen molar-refractivity contribution in [2.24, 2.45) is 0 Å². The summed E-state index contributed by atoms with van der Waals surface area (Å²) in [5.41, 5.74) is 3.84. The summed E-state index contributed by atoms with van der Waals surface area (Å²) in [6.45, 7) is 0. The van der Waals surface area contributed by atoms with Crippen LogP contribution in [-0.4, -0.2) is 29.0 Å². The first kappa shape index (κ1) is 15.5. The summed E-state index contributed by atoms with van der Waals surface area (Å²) < 4.78 is 25.8. The Morgan fingerprint density at radius 1 is 0.960 bits per heavy atom. The molecule has 0 aliphatic heterocycles. The molecule has 3 heterocycles. The van der Waals surface area contributed by atoms with Crippen LogP contribution in [0.2, 0.25) is 0 Å². The fraction of sp³-hybridized carbons (Fsp3) is 0.0526. The van der Waals surface area contributed by atoms with Gasteiger partial charge in [0.25, 0.3) is 0 Å². The van der Waals surface area contributed by atoms with Gasteiger partial charge in [-0.1, -0.05) is 24.3 Å². The predicted octanol–water partition coefficient (Wildman–Crippen LogP) is 3.47. The first-order valence-electron chi connectivity index (χ1n) is 7.73. The number of hydrogen-bond donors (Lipinski definition) is 0. The second-order valence-corrected chi connectivity index (χ2v) is 7.77. The Morgan fingerprint density at radius 2 is 1.80 bits per heavy atom. The van der Waals surface area contributed by atoms with Crippen molar-refractivity contribution in [1.29, 1.82) is 0 Å². The lowest BCUT2D eigenvalue weighted by Crippen LogP contribution is -1.98. The Morgan fingerprint density at radius 3 is 2.56 bits per heavy atom. The highest BCUT2D eigenvalue weighted by Gasteiger charge is 2.18. The molecule has 4 rings (SSSR count). The van der Waals surface area contributed by atoms with Crippen LogP contribution in [0.3, 0.4) is 0 Å². The van der Waals surface area contributed by atoms with Gasteiger partial charge < -0.3 is 0 Å². The van der Waals surface area contributed by atoms with Gasteiger partial charge in [-0.2, -0.15) is 0 Å². The van der Waals surface area contributed by atoms with Gasteiger partial charge in [-0.25, -0.2) is 13.4 Å². The average molecular weight is 349 g/mol. The molecule has 0 bridgehead atoms. The van der Waals surface area contributed by atoms with Crippen LogP contribution in [0.25, 0.3) is 28.3 Å². The minimum absolute atomic E-state index is 0.280. The van der Waals surface area contributed by atoms with Crippen LogP contribution in [0.4, 0.5) is 0 Å². The molecule has 4 aromatic rings. The number of fused-ring (bicyclic) bond motifs is 1. The fourth-order valence-corrected chi connectivity index (χ4v) is 3.49. The van der Waals surface area contributed by atoms with E-state index in [1.165, 1.54) is 6.26 Å². The summed E-state index contributed by atoms with van der Waals surface area (Å²) in [4.78, 5) is 9.39. The molecule has 3 aromatic heterocycles. The maximum atomic E-state index is 11.9. The Balaban J connectivity index is 2.04. The zero-order chi connectivity index (χ0) is 17.4. The van der Waals surface area contributed by atoms with Gasteiger partial charge in [0, 0.05) is 24.2 Å². The molecule has 1 aromatic carbocycles. The van der Waals surface area contributed by atoms with Crippen molar-refractivity contribution >= 4 is 15.5 Å². The third-order valence-corrected chi connectivity index (χ3v) is 5.08. The monoisotopic (exact) mass is 349 g/mol. The van der Waals surface area contributed by atoms with E-state index in [4.69, 9.17) is 4.98 Å². The Kier molecular flexibility index (Phi) is 3.62. The highest BCUT2D eigenvalue weighted by Crippen LogP contribution is 2.32. The van der Waals surface area contributed by atoms with Crippen molar-refractivity contribution in [2.75, 3.05) is 6.26 Å². The average Bonchev–Trinajstić information content (AvgIpc) is 3.01. The van der Waals surface area contributed by atoms with E-state index in [-0.39, 0.29) is 4.90 Å². The van der Waals surface area contributed by atoms with E-state index in [1.54, 1.807) is 24.4 Å². The van der Waals surface area contributed by atoms with Crippen molar-refractivity contribution < 1.29 is 8.42 Å². The lowest BCUT2D eigenvalue weighted by Gasteiger charge is -2.07. The van der Waals surface area contributed by atoms with Gasteiger partial charge in [0.1, 0.15) is 11.3 Å². The normalized spacial score (nSPS) is 11.7. The van der Waals surface area contributed by atoms with Crippen molar-refractivity contribution in [3.05, 3.63) is 73.1 Å². The third kappa shape index (κ3) is 2.81. The molecule has 0 unspecified atom stereocenters. The smallest absolute Gasteiger partial charge is 0.175 e. The van der Waals surface area contributed by atoms with Gasteiger partial charge in [0.15, 0.2) is 9.84 Å². The van der Waals surface area contributed by atoms with Gasteiger partial charge >= 0.3 is 0 Å². The minimum Gasteiger partial charge on any atom is -0.299 e. The van der Waals surface area contributed by atoms with Gasteiger partial charge in [-0.15, -0.1) is 0 Å². The van der Waals surface area contributed by atoms with Crippen molar-refractivity contribution in [3.63, 3.8) is 0 Å². The number of rotatable bonds is 3. The highest BCUT2D eigenvalue weighted by atomic mass is 32.2. The lowest BCUT2D eigenvalue weighted by atomic mass is 10.1. The summed E-state index contributed by atoms with van der Waals surface area (Å²) in [5.74, 6) is 0. The number of sulfone groups is 1.